The number of unbranched alkanes of at least 4 members (excludes halogenated alkanes) is 1. The molecule has 5 nitrogen and oxygen atoms in total. The molecule has 1 aliphatic rings. The van der Waals surface area contributed by atoms with Gasteiger partial charge in [-0.15, -0.1) is 0 Å². The number of nitrogens with one attached hydrogen (secondary N) is 1. The molecule has 140 valence electrons. The van der Waals surface area contributed by atoms with E-state index in [1.54, 1.807) is 6.92 Å². The van der Waals surface area contributed by atoms with E-state index in [9.17, 15) is 18.0 Å². The summed E-state index contributed by atoms with van der Waals surface area (Å²) in [5.41, 5.74) is 0. The van der Waals surface area contributed by atoms with Gasteiger partial charge in [0.15, 0.2) is 5.96 Å². The number of guanidine groups is 1. The lowest BCUT2D eigenvalue weighted by Gasteiger charge is -2.34. The number of hydrogen-bond donors (Lipinski definition) is 1. The largest absolute Gasteiger partial charge is 0.466 e. The minimum Gasteiger partial charge on any atom is -0.466 e. The molecule has 1 rings (SSSR count). The molecule has 1 atom stereocenters. The van der Waals surface area contributed by atoms with Crippen molar-refractivity contribution >= 4 is 11.9 Å². The molecule has 0 aliphatic carbocycles. The van der Waals surface area contributed by atoms with Crippen LogP contribution in [0.3, 0.4) is 0 Å². The van der Waals surface area contributed by atoms with Crippen molar-refractivity contribution in [3.05, 3.63) is 0 Å². The second-order valence-electron chi connectivity index (χ2n) is 5.85. The lowest BCUT2D eigenvalue weighted by molar-refractivity contribution is -0.149. The van der Waals surface area contributed by atoms with Crippen LogP contribution in [-0.4, -0.2) is 55.8 Å². The number of esters is 1. The maximum Gasteiger partial charge on any atom is 0.389 e. The predicted molar refractivity (Wildman–Crippen MR) is 86.8 cm³/mol. The van der Waals surface area contributed by atoms with Crippen molar-refractivity contribution < 1.29 is 22.7 Å². The fourth-order valence-corrected chi connectivity index (χ4v) is 2.67. The Morgan fingerprint density at radius 3 is 2.71 bits per heavy atom. The maximum absolute atomic E-state index is 12.1. The first-order chi connectivity index (χ1) is 11.4. The van der Waals surface area contributed by atoms with Gasteiger partial charge in [0, 0.05) is 32.6 Å². The molecule has 1 N–H and O–H groups in total. The smallest absolute Gasteiger partial charge is 0.389 e. The average molecular weight is 351 g/mol. The van der Waals surface area contributed by atoms with E-state index in [0.717, 1.165) is 19.4 Å². The van der Waals surface area contributed by atoms with Gasteiger partial charge in [0.2, 0.25) is 0 Å². The monoisotopic (exact) mass is 351 g/mol. The van der Waals surface area contributed by atoms with E-state index in [1.807, 2.05) is 11.8 Å². The minimum absolute atomic E-state index is 0.0812. The van der Waals surface area contributed by atoms with Crippen molar-refractivity contribution in [1.82, 2.24) is 10.2 Å². The highest BCUT2D eigenvalue weighted by atomic mass is 19.4. The molecule has 0 bridgehead atoms. The second-order valence-corrected chi connectivity index (χ2v) is 5.85. The van der Waals surface area contributed by atoms with Crippen LogP contribution in [0.25, 0.3) is 0 Å². The lowest BCUT2D eigenvalue weighted by atomic mass is 9.98. The summed E-state index contributed by atoms with van der Waals surface area (Å²) >= 11 is 0. The summed E-state index contributed by atoms with van der Waals surface area (Å²) in [5.74, 6) is 0.300. The summed E-state index contributed by atoms with van der Waals surface area (Å²) < 4.78 is 41.5. The van der Waals surface area contributed by atoms with Crippen LogP contribution in [-0.2, 0) is 9.53 Å². The van der Waals surface area contributed by atoms with Crippen molar-refractivity contribution in [2.24, 2.45) is 10.9 Å². The lowest BCUT2D eigenvalue weighted by Crippen LogP contribution is -2.48. The van der Waals surface area contributed by atoms with Gasteiger partial charge in [-0.3, -0.25) is 9.79 Å². The zero-order valence-electron chi connectivity index (χ0n) is 14.5. The van der Waals surface area contributed by atoms with E-state index < -0.39 is 12.6 Å². The molecule has 1 heterocycles. The Balaban J connectivity index is 2.53. The number of aliphatic imine (C=N–C) groups is 1. The Bertz CT molecular complexity index is 414. The Hall–Kier alpha value is -1.47. The molecule has 1 unspecified atom stereocenters. The standard InChI is InChI=1S/C16H28F3N3O2/c1-3-20-15(21-10-6-5-9-16(17,18)19)22-11-7-8-13(12-22)14(23)24-4-2/h13H,3-12H2,1-2H3,(H,20,21). The van der Waals surface area contributed by atoms with E-state index in [1.165, 1.54) is 0 Å². The zero-order valence-corrected chi connectivity index (χ0v) is 14.5. The number of piperidine rings is 1. The third-order valence-electron chi connectivity index (χ3n) is 3.81. The summed E-state index contributed by atoms with van der Waals surface area (Å²) in [5, 5.41) is 3.15. The van der Waals surface area contributed by atoms with Crippen molar-refractivity contribution in [2.75, 3.05) is 32.8 Å². The third kappa shape index (κ3) is 7.88. The number of hydrogen-bond acceptors (Lipinski definition) is 3. The van der Waals surface area contributed by atoms with Crippen molar-refractivity contribution in [3.8, 4) is 0 Å². The number of alkyl halides is 3. The van der Waals surface area contributed by atoms with Crippen LogP contribution < -0.4 is 5.32 Å². The molecule has 1 saturated heterocycles. The first-order valence-electron chi connectivity index (χ1n) is 8.64. The Kier molecular flexibility index (Phi) is 8.92. The van der Waals surface area contributed by atoms with Crippen LogP contribution in [0.4, 0.5) is 13.2 Å². The number of carbonyl (C=O) groups is 1. The minimum atomic E-state index is -4.10. The molecule has 0 aromatic rings. The summed E-state index contributed by atoms with van der Waals surface area (Å²) in [6.45, 7) is 6.41. The van der Waals surface area contributed by atoms with E-state index in [4.69, 9.17) is 4.74 Å². The molecular formula is C16H28F3N3O2. The fraction of sp³-hybridized carbons (Fsp3) is 0.875. The normalized spacial score (nSPS) is 19.3. The van der Waals surface area contributed by atoms with Crippen LogP contribution in [0, 0.1) is 5.92 Å². The highest BCUT2D eigenvalue weighted by Gasteiger charge is 2.28. The topological polar surface area (TPSA) is 53.9 Å². The van der Waals surface area contributed by atoms with Gasteiger partial charge in [-0.25, -0.2) is 0 Å². The summed E-state index contributed by atoms with van der Waals surface area (Å²) in [6.07, 6.45) is -2.74. The van der Waals surface area contributed by atoms with Crippen LogP contribution in [0.2, 0.25) is 0 Å². The van der Waals surface area contributed by atoms with Gasteiger partial charge >= 0.3 is 12.1 Å². The maximum atomic E-state index is 12.1. The van der Waals surface area contributed by atoms with Gasteiger partial charge < -0.3 is 15.0 Å². The van der Waals surface area contributed by atoms with Crippen LogP contribution >= 0.6 is 0 Å². The first kappa shape index (κ1) is 20.6. The molecular weight excluding hydrogens is 323 g/mol. The zero-order chi connectivity index (χ0) is 18.0. The number of nitrogens with zero attached hydrogens (tertiary/aromatic N) is 2. The molecule has 24 heavy (non-hydrogen) atoms. The first-order valence-corrected chi connectivity index (χ1v) is 8.64. The van der Waals surface area contributed by atoms with Crippen LogP contribution in [0.5, 0.6) is 0 Å². The second kappa shape index (κ2) is 10.4. The molecule has 0 saturated carbocycles. The third-order valence-corrected chi connectivity index (χ3v) is 3.81. The van der Waals surface area contributed by atoms with E-state index in [0.29, 0.717) is 38.6 Å². The van der Waals surface area contributed by atoms with Gasteiger partial charge in [0.05, 0.1) is 12.5 Å². The number of carbonyl (C=O) groups excluding carboxylic acids is 1. The van der Waals surface area contributed by atoms with Crippen molar-refractivity contribution in [2.45, 2.75) is 52.1 Å². The van der Waals surface area contributed by atoms with Crippen molar-refractivity contribution in [3.63, 3.8) is 0 Å². The van der Waals surface area contributed by atoms with Gasteiger partial charge in [-0.05, 0) is 39.5 Å². The van der Waals surface area contributed by atoms with Crippen LogP contribution in [0.1, 0.15) is 46.0 Å². The molecule has 8 heteroatoms. The number of likely N-dealkylation sites (tertiary alicyclic amines) is 1. The molecule has 0 aromatic heterocycles. The van der Waals surface area contributed by atoms with Gasteiger partial charge in [-0.2, -0.15) is 13.2 Å². The Morgan fingerprint density at radius 2 is 2.08 bits per heavy atom. The molecule has 0 amide bonds. The Labute approximate surface area is 141 Å². The summed E-state index contributed by atoms with van der Waals surface area (Å²) in [4.78, 5) is 18.3. The summed E-state index contributed by atoms with van der Waals surface area (Å²) in [7, 11) is 0. The van der Waals surface area contributed by atoms with Crippen LogP contribution in [0.15, 0.2) is 4.99 Å². The number of rotatable bonds is 7. The molecule has 0 spiro atoms. The Morgan fingerprint density at radius 1 is 1.33 bits per heavy atom. The van der Waals surface area contributed by atoms with E-state index in [2.05, 4.69) is 10.3 Å². The van der Waals surface area contributed by atoms with E-state index in [-0.39, 0.29) is 18.3 Å². The highest BCUT2D eigenvalue weighted by Crippen LogP contribution is 2.22. The molecule has 1 fully saturated rings. The fourth-order valence-electron chi connectivity index (χ4n) is 2.67. The SMILES string of the molecule is CCNC(=NCCCCC(F)(F)F)N1CCCC(C(=O)OCC)C1. The molecule has 0 radical (unpaired) electrons. The van der Waals surface area contributed by atoms with Gasteiger partial charge in [-0.1, -0.05) is 0 Å². The van der Waals surface area contributed by atoms with E-state index >= 15 is 0 Å². The highest BCUT2D eigenvalue weighted by molar-refractivity contribution is 5.81. The average Bonchev–Trinajstić information content (AvgIpc) is 2.53. The predicted octanol–water partition coefficient (Wildman–Crippen LogP) is 2.96. The quantitative estimate of drug-likeness (QED) is 0.332. The van der Waals surface area contributed by atoms with Gasteiger partial charge in [0.1, 0.15) is 0 Å². The number of ether oxygens (including phenoxy) is 1. The molecule has 1 aliphatic heterocycles. The number of halogens is 3. The summed E-state index contributed by atoms with van der Waals surface area (Å²) in [6, 6.07) is 0. The van der Waals surface area contributed by atoms with Crippen molar-refractivity contribution in [1.29, 1.82) is 0 Å². The molecule has 0 aromatic carbocycles. The van der Waals surface area contributed by atoms with Gasteiger partial charge in [0.25, 0.3) is 0 Å².